The van der Waals surface area contributed by atoms with Crippen molar-refractivity contribution < 1.29 is 5.11 Å². The van der Waals surface area contributed by atoms with Crippen molar-refractivity contribution in [2.45, 2.75) is 25.4 Å². The maximum atomic E-state index is 9.59. The first-order valence-corrected chi connectivity index (χ1v) is 8.75. The number of benzene rings is 2. The molecule has 1 aromatic heterocycles. The third-order valence-electron chi connectivity index (χ3n) is 4.83. The molecule has 3 aromatic rings. The van der Waals surface area contributed by atoms with Crippen LogP contribution in [0.5, 0.6) is 5.75 Å². The molecular weight excluding hydrogens is 312 g/mol. The molecule has 1 fully saturated rings. The number of piperidine rings is 1. The number of hydrogen-bond acceptors (Lipinski definition) is 4. The molecule has 5 heteroatoms. The highest BCUT2D eigenvalue weighted by Gasteiger charge is 2.22. The van der Waals surface area contributed by atoms with Crippen molar-refractivity contribution in [3.8, 4) is 17.0 Å². The maximum absolute atomic E-state index is 9.59. The van der Waals surface area contributed by atoms with Crippen molar-refractivity contribution in [3.05, 3.63) is 66.4 Å². The van der Waals surface area contributed by atoms with Gasteiger partial charge in [0.1, 0.15) is 11.4 Å². The summed E-state index contributed by atoms with van der Waals surface area (Å²) in [7, 11) is 0. The van der Waals surface area contributed by atoms with Crippen LogP contribution >= 0.6 is 0 Å². The summed E-state index contributed by atoms with van der Waals surface area (Å²) in [6.07, 6.45) is 4.19. The van der Waals surface area contributed by atoms with E-state index in [1.807, 2.05) is 35.0 Å². The molecule has 0 aliphatic carbocycles. The zero-order chi connectivity index (χ0) is 17.1. The molecular formula is C20H22N4O. The van der Waals surface area contributed by atoms with Crippen LogP contribution in [0.15, 0.2) is 60.8 Å². The number of aromatic nitrogens is 3. The van der Waals surface area contributed by atoms with Gasteiger partial charge in [-0.1, -0.05) is 47.7 Å². The summed E-state index contributed by atoms with van der Waals surface area (Å²) >= 11 is 0. The highest BCUT2D eigenvalue weighted by Crippen LogP contribution is 2.25. The monoisotopic (exact) mass is 334 g/mol. The number of hydrogen-bond donors (Lipinski definition) is 1. The molecule has 0 amide bonds. The number of phenols is 1. The van der Waals surface area contributed by atoms with Gasteiger partial charge in [-0.2, -0.15) is 0 Å². The molecule has 2 heterocycles. The Kier molecular flexibility index (Phi) is 4.48. The lowest BCUT2D eigenvalue weighted by atomic mass is 10.0. The van der Waals surface area contributed by atoms with Crippen molar-refractivity contribution in [3.63, 3.8) is 0 Å². The van der Waals surface area contributed by atoms with E-state index in [9.17, 15) is 5.11 Å². The van der Waals surface area contributed by atoms with Crippen LogP contribution in [0.1, 0.15) is 24.4 Å². The SMILES string of the molecule is Oc1cccc(CN2CCC(n3cc(-c4ccccc4)nn3)CC2)c1. The fourth-order valence-electron chi connectivity index (χ4n) is 3.45. The smallest absolute Gasteiger partial charge is 0.115 e. The topological polar surface area (TPSA) is 54.2 Å². The quantitative estimate of drug-likeness (QED) is 0.793. The van der Waals surface area contributed by atoms with Gasteiger partial charge in [0.25, 0.3) is 0 Å². The molecule has 0 atom stereocenters. The van der Waals surface area contributed by atoms with Crippen LogP contribution in [0.2, 0.25) is 0 Å². The second-order valence-electron chi connectivity index (χ2n) is 6.63. The van der Waals surface area contributed by atoms with E-state index in [4.69, 9.17) is 0 Å². The molecule has 0 saturated carbocycles. The largest absolute Gasteiger partial charge is 0.508 e. The molecule has 1 N–H and O–H groups in total. The van der Waals surface area contributed by atoms with Gasteiger partial charge in [0.05, 0.1) is 12.2 Å². The Morgan fingerprint density at radius 1 is 1.00 bits per heavy atom. The first kappa shape index (κ1) is 15.8. The molecule has 2 aromatic carbocycles. The van der Waals surface area contributed by atoms with E-state index >= 15 is 0 Å². The van der Waals surface area contributed by atoms with Crippen LogP contribution in [0.25, 0.3) is 11.3 Å². The van der Waals surface area contributed by atoms with E-state index in [-0.39, 0.29) is 0 Å². The van der Waals surface area contributed by atoms with E-state index in [0.717, 1.165) is 49.3 Å². The van der Waals surface area contributed by atoms with E-state index in [2.05, 4.69) is 39.6 Å². The molecule has 0 unspecified atom stereocenters. The van der Waals surface area contributed by atoms with E-state index < -0.39 is 0 Å². The average molecular weight is 334 g/mol. The van der Waals surface area contributed by atoms with Crippen molar-refractivity contribution >= 4 is 0 Å². The Hall–Kier alpha value is -2.66. The standard InChI is InChI=1S/C20H22N4O/c25-19-8-4-5-16(13-19)14-23-11-9-18(10-12-23)24-15-20(21-22-24)17-6-2-1-3-7-17/h1-8,13,15,18,25H,9-12,14H2. The van der Waals surface area contributed by atoms with Crippen LogP contribution in [0, 0.1) is 0 Å². The fraction of sp³-hybridized carbons (Fsp3) is 0.300. The summed E-state index contributed by atoms with van der Waals surface area (Å²) < 4.78 is 2.02. The zero-order valence-electron chi connectivity index (χ0n) is 14.1. The van der Waals surface area contributed by atoms with Crippen LogP contribution < -0.4 is 0 Å². The van der Waals surface area contributed by atoms with Crippen LogP contribution in [0.3, 0.4) is 0 Å². The third kappa shape index (κ3) is 3.72. The first-order chi connectivity index (χ1) is 12.3. The summed E-state index contributed by atoms with van der Waals surface area (Å²) in [5.74, 6) is 0.337. The second kappa shape index (κ2) is 7.07. The van der Waals surface area contributed by atoms with Gasteiger partial charge in [-0.25, -0.2) is 4.68 Å². The summed E-state index contributed by atoms with van der Waals surface area (Å²) in [4.78, 5) is 2.43. The second-order valence-corrected chi connectivity index (χ2v) is 6.63. The van der Waals surface area contributed by atoms with Gasteiger partial charge in [-0.05, 0) is 30.5 Å². The van der Waals surface area contributed by atoms with Gasteiger partial charge < -0.3 is 5.11 Å². The number of likely N-dealkylation sites (tertiary alicyclic amines) is 1. The van der Waals surface area contributed by atoms with Crippen LogP contribution in [0.4, 0.5) is 0 Å². The molecule has 0 bridgehead atoms. The van der Waals surface area contributed by atoms with E-state index in [1.54, 1.807) is 6.07 Å². The average Bonchev–Trinajstić information content (AvgIpc) is 3.13. The van der Waals surface area contributed by atoms with Gasteiger partial charge in [-0.15, -0.1) is 5.10 Å². The van der Waals surface area contributed by atoms with Crippen molar-refractivity contribution in [2.75, 3.05) is 13.1 Å². The zero-order valence-corrected chi connectivity index (χ0v) is 14.1. The minimum Gasteiger partial charge on any atom is -0.508 e. The fourth-order valence-corrected chi connectivity index (χ4v) is 3.45. The molecule has 128 valence electrons. The van der Waals surface area contributed by atoms with Gasteiger partial charge >= 0.3 is 0 Å². The summed E-state index contributed by atoms with van der Waals surface area (Å²) in [5, 5.41) is 18.3. The van der Waals surface area contributed by atoms with Gasteiger partial charge in [0.2, 0.25) is 0 Å². The van der Waals surface area contributed by atoms with Crippen LogP contribution in [-0.2, 0) is 6.54 Å². The van der Waals surface area contributed by atoms with Crippen molar-refractivity contribution in [1.29, 1.82) is 0 Å². The Morgan fingerprint density at radius 3 is 2.56 bits per heavy atom. The number of aromatic hydroxyl groups is 1. The normalized spacial score (nSPS) is 16.2. The lowest BCUT2D eigenvalue weighted by Crippen LogP contribution is -2.34. The predicted octanol–water partition coefficient (Wildman–Crippen LogP) is 3.49. The van der Waals surface area contributed by atoms with Gasteiger partial charge in [-0.3, -0.25) is 4.90 Å². The van der Waals surface area contributed by atoms with Crippen molar-refractivity contribution in [2.24, 2.45) is 0 Å². The minimum absolute atomic E-state index is 0.337. The number of nitrogens with zero attached hydrogens (tertiary/aromatic N) is 4. The number of phenolic OH excluding ortho intramolecular Hbond substituents is 1. The predicted molar refractivity (Wildman–Crippen MR) is 97.1 cm³/mol. The van der Waals surface area contributed by atoms with Crippen LogP contribution in [-0.4, -0.2) is 38.1 Å². The maximum Gasteiger partial charge on any atom is 0.115 e. The Bertz CT molecular complexity index is 822. The molecule has 0 radical (unpaired) electrons. The molecule has 5 nitrogen and oxygen atoms in total. The highest BCUT2D eigenvalue weighted by atomic mass is 16.3. The molecule has 25 heavy (non-hydrogen) atoms. The van der Waals surface area contributed by atoms with Gasteiger partial charge in [0.15, 0.2) is 0 Å². The summed E-state index contributed by atoms with van der Waals surface area (Å²) in [6.45, 7) is 2.94. The highest BCUT2D eigenvalue weighted by molar-refractivity contribution is 5.57. The molecule has 1 aliphatic rings. The first-order valence-electron chi connectivity index (χ1n) is 8.75. The molecule has 0 spiro atoms. The number of rotatable bonds is 4. The van der Waals surface area contributed by atoms with E-state index in [1.165, 1.54) is 0 Å². The molecule has 1 aliphatic heterocycles. The van der Waals surface area contributed by atoms with Crippen molar-refractivity contribution in [1.82, 2.24) is 19.9 Å². The molecule has 1 saturated heterocycles. The minimum atomic E-state index is 0.337. The Labute approximate surface area is 147 Å². The van der Waals surface area contributed by atoms with E-state index in [0.29, 0.717) is 11.8 Å². The molecule has 4 rings (SSSR count). The third-order valence-corrected chi connectivity index (χ3v) is 4.83. The lowest BCUT2D eigenvalue weighted by Gasteiger charge is -2.31. The Balaban J connectivity index is 1.37. The lowest BCUT2D eigenvalue weighted by molar-refractivity contribution is 0.172. The Morgan fingerprint density at radius 2 is 1.80 bits per heavy atom. The summed E-state index contributed by atoms with van der Waals surface area (Å²) in [6, 6.07) is 18.1. The summed E-state index contributed by atoms with van der Waals surface area (Å²) in [5.41, 5.74) is 3.20. The van der Waals surface area contributed by atoms with Gasteiger partial charge in [0, 0.05) is 25.2 Å².